The van der Waals surface area contributed by atoms with Crippen LogP contribution in [0.2, 0.25) is 0 Å². The Morgan fingerprint density at radius 1 is 1.17 bits per heavy atom. The van der Waals surface area contributed by atoms with E-state index in [4.69, 9.17) is 5.11 Å². The topological polar surface area (TPSA) is 66.4 Å². The summed E-state index contributed by atoms with van der Waals surface area (Å²) in [5, 5.41) is 11.4. The minimum absolute atomic E-state index is 0.157. The third-order valence-corrected chi connectivity index (χ3v) is 3.03. The Hall–Kier alpha value is -1.84. The van der Waals surface area contributed by atoms with Crippen molar-refractivity contribution < 1.29 is 14.7 Å². The number of rotatable bonds is 4. The second-order valence-electron chi connectivity index (χ2n) is 4.74. The van der Waals surface area contributed by atoms with E-state index in [1.807, 2.05) is 32.9 Å². The highest BCUT2D eigenvalue weighted by Crippen LogP contribution is 2.21. The minimum Gasteiger partial charge on any atom is -0.481 e. The molecule has 2 N–H and O–H groups in total. The van der Waals surface area contributed by atoms with E-state index in [9.17, 15) is 9.59 Å². The normalized spacial score (nSPS) is 12.0. The molecule has 0 saturated carbocycles. The van der Waals surface area contributed by atoms with Crippen LogP contribution in [-0.4, -0.2) is 17.0 Å². The van der Waals surface area contributed by atoms with Crippen LogP contribution in [0.1, 0.15) is 30.0 Å². The SMILES string of the molecule is Cc1cc(C)c(NC(=O)C(C)CC(=O)O)cc1C. The van der Waals surface area contributed by atoms with Gasteiger partial charge in [0.25, 0.3) is 0 Å². The third-order valence-electron chi connectivity index (χ3n) is 3.03. The lowest BCUT2D eigenvalue weighted by Gasteiger charge is -2.14. The predicted octanol–water partition coefficient (Wildman–Crippen LogP) is 2.66. The van der Waals surface area contributed by atoms with Gasteiger partial charge in [0.1, 0.15) is 0 Å². The fourth-order valence-corrected chi connectivity index (χ4v) is 1.71. The van der Waals surface area contributed by atoms with E-state index in [0.29, 0.717) is 0 Å². The number of anilines is 1. The fourth-order valence-electron chi connectivity index (χ4n) is 1.71. The van der Waals surface area contributed by atoms with Gasteiger partial charge in [-0.25, -0.2) is 0 Å². The van der Waals surface area contributed by atoms with Crippen LogP contribution >= 0.6 is 0 Å². The van der Waals surface area contributed by atoms with E-state index in [-0.39, 0.29) is 12.3 Å². The molecule has 0 aliphatic heterocycles. The Kier molecular flexibility index (Phi) is 4.48. The van der Waals surface area contributed by atoms with Crippen LogP contribution in [0.5, 0.6) is 0 Å². The molecule has 98 valence electrons. The molecule has 0 aliphatic carbocycles. The van der Waals surface area contributed by atoms with Crippen LogP contribution < -0.4 is 5.32 Å². The third kappa shape index (κ3) is 3.58. The zero-order chi connectivity index (χ0) is 13.9. The molecule has 0 saturated heterocycles. The largest absolute Gasteiger partial charge is 0.481 e. The number of hydrogen-bond donors (Lipinski definition) is 2. The van der Waals surface area contributed by atoms with Gasteiger partial charge in [0, 0.05) is 11.6 Å². The Labute approximate surface area is 107 Å². The summed E-state index contributed by atoms with van der Waals surface area (Å²) in [5.74, 6) is -1.76. The molecule has 0 radical (unpaired) electrons. The molecule has 0 aromatic heterocycles. The highest BCUT2D eigenvalue weighted by molar-refractivity contribution is 5.94. The molecule has 4 nitrogen and oxygen atoms in total. The number of aliphatic carboxylic acids is 1. The summed E-state index contributed by atoms with van der Waals surface area (Å²) in [4.78, 5) is 22.4. The smallest absolute Gasteiger partial charge is 0.304 e. The summed E-state index contributed by atoms with van der Waals surface area (Å²) in [6.07, 6.45) is -0.157. The van der Waals surface area contributed by atoms with E-state index in [2.05, 4.69) is 5.32 Å². The number of aryl methyl sites for hydroxylation is 3. The summed E-state index contributed by atoms with van der Waals surface area (Å²) in [5.41, 5.74) is 4.00. The molecule has 0 aliphatic rings. The Morgan fingerprint density at radius 3 is 2.28 bits per heavy atom. The second kappa shape index (κ2) is 5.67. The van der Waals surface area contributed by atoms with Crippen molar-refractivity contribution in [3.8, 4) is 0 Å². The number of carboxylic acids is 1. The number of carboxylic acid groups (broad SMARTS) is 1. The Balaban J connectivity index is 2.82. The molecule has 0 bridgehead atoms. The molecule has 1 aromatic rings. The molecule has 1 aromatic carbocycles. The molecule has 1 amide bonds. The number of nitrogens with one attached hydrogen (secondary N) is 1. The van der Waals surface area contributed by atoms with Crippen LogP contribution in [0.15, 0.2) is 12.1 Å². The van der Waals surface area contributed by atoms with Gasteiger partial charge >= 0.3 is 5.97 Å². The fraction of sp³-hybridized carbons (Fsp3) is 0.429. The zero-order valence-corrected chi connectivity index (χ0v) is 11.2. The highest BCUT2D eigenvalue weighted by atomic mass is 16.4. The molecule has 0 heterocycles. The Morgan fingerprint density at radius 2 is 1.72 bits per heavy atom. The predicted molar refractivity (Wildman–Crippen MR) is 70.7 cm³/mol. The summed E-state index contributed by atoms with van der Waals surface area (Å²) < 4.78 is 0. The van der Waals surface area contributed by atoms with Crippen molar-refractivity contribution in [2.24, 2.45) is 5.92 Å². The van der Waals surface area contributed by atoms with Gasteiger partial charge in [0.05, 0.1) is 6.42 Å². The standard InChI is InChI=1S/C14H19NO3/c1-8-5-10(3)12(6-9(8)2)15-14(18)11(4)7-13(16)17/h5-6,11H,7H2,1-4H3,(H,15,18)(H,16,17). The van der Waals surface area contributed by atoms with Gasteiger partial charge in [0.2, 0.25) is 5.91 Å². The summed E-state index contributed by atoms with van der Waals surface area (Å²) in [7, 11) is 0. The van der Waals surface area contributed by atoms with Crippen LogP contribution in [0.3, 0.4) is 0 Å². The summed E-state index contributed by atoms with van der Waals surface area (Å²) >= 11 is 0. The van der Waals surface area contributed by atoms with Gasteiger partial charge in [-0.1, -0.05) is 13.0 Å². The zero-order valence-electron chi connectivity index (χ0n) is 11.2. The van der Waals surface area contributed by atoms with Crippen LogP contribution in [0, 0.1) is 26.7 Å². The molecule has 1 rings (SSSR count). The number of carbonyl (C=O) groups is 2. The molecule has 1 atom stereocenters. The molecule has 1 unspecified atom stereocenters. The van der Waals surface area contributed by atoms with E-state index in [1.54, 1.807) is 6.92 Å². The number of benzene rings is 1. The number of amides is 1. The maximum absolute atomic E-state index is 11.8. The van der Waals surface area contributed by atoms with Crippen molar-refractivity contribution in [2.75, 3.05) is 5.32 Å². The first-order valence-electron chi connectivity index (χ1n) is 5.91. The van der Waals surface area contributed by atoms with Crippen molar-refractivity contribution in [3.63, 3.8) is 0 Å². The van der Waals surface area contributed by atoms with E-state index in [0.717, 1.165) is 16.8 Å². The van der Waals surface area contributed by atoms with Crippen LogP contribution in [-0.2, 0) is 9.59 Å². The monoisotopic (exact) mass is 249 g/mol. The van der Waals surface area contributed by atoms with Crippen LogP contribution in [0.4, 0.5) is 5.69 Å². The average molecular weight is 249 g/mol. The molecule has 4 heteroatoms. The van der Waals surface area contributed by atoms with E-state index >= 15 is 0 Å². The van der Waals surface area contributed by atoms with Gasteiger partial charge in [-0.15, -0.1) is 0 Å². The van der Waals surface area contributed by atoms with E-state index in [1.165, 1.54) is 5.56 Å². The number of hydrogen-bond acceptors (Lipinski definition) is 2. The molecular formula is C14H19NO3. The number of carbonyl (C=O) groups excluding carboxylic acids is 1. The maximum Gasteiger partial charge on any atom is 0.304 e. The lowest BCUT2D eigenvalue weighted by molar-refractivity contribution is -0.139. The molecular weight excluding hydrogens is 230 g/mol. The molecule has 0 fully saturated rings. The van der Waals surface area contributed by atoms with Gasteiger partial charge in [0.15, 0.2) is 0 Å². The summed E-state index contributed by atoms with van der Waals surface area (Å²) in [6.45, 7) is 7.52. The first-order valence-corrected chi connectivity index (χ1v) is 5.91. The van der Waals surface area contributed by atoms with Crippen molar-refractivity contribution in [1.82, 2.24) is 0 Å². The minimum atomic E-state index is -0.963. The highest BCUT2D eigenvalue weighted by Gasteiger charge is 2.17. The van der Waals surface area contributed by atoms with Gasteiger partial charge in [-0.2, -0.15) is 0 Å². The average Bonchev–Trinajstić information content (AvgIpc) is 2.24. The van der Waals surface area contributed by atoms with Crippen molar-refractivity contribution in [3.05, 3.63) is 28.8 Å². The lowest BCUT2D eigenvalue weighted by atomic mass is 10.0. The van der Waals surface area contributed by atoms with Crippen molar-refractivity contribution in [2.45, 2.75) is 34.1 Å². The van der Waals surface area contributed by atoms with Gasteiger partial charge in [-0.05, 0) is 43.5 Å². The lowest BCUT2D eigenvalue weighted by Crippen LogP contribution is -2.23. The summed E-state index contributed by atoms with van der Waals surface area (Å²) in [6, 6.07) is 3.92. The van der Waals surface area contributed by atoms with E-state index < -0.39 is 11.9 Å². The van der Waals surface area contributed by atoms with Gasteiger partial charge < -0.3 is 10.4 Å². The van der Waals surface area contributed by atoms with Gasteiger partial charge in [-0.3, -0.25) is 9.59 Å². The quantitative estimate of drug-likeness (QED) is 0.862. The van der Waals surface area contributed by atoms with Crippen molar-refractivity contribution in [1.29, 1.82) is 0 Å². The second-order valence-corrected chi connectivity index (χ2v) is 4.74. The van der Waals surface area contributed by atoms with Crippen molar-refractivity contribution >= 4 is 17.6 Å². The Bertz CT molecular complexity index is 480. The van der Waals surface area contributed by atoms with Crippen LogP contribution in [0.25, 0.3) is 0 Å². The first-order chi connectivity index (χ1) is 8.31. The maximum atomic E-state index is 11.8. The molecule has 0 spiro atoms. The first kappa shape index (κ1) is 14.2. The molecule has 18 heavy (non-hydrogen) atoms.